The van der Waals surface area contributed by atoms with Crippen LogP contribution in [0.25, 0.3) is 0 Å². The number of hydrogen-bond donors (Lipinski definition) is 1. The molecule has 0 fully saturated rings. The van der Waals surface area contributed by atoms with Crippen LogP contribution in [0.15, 0.2) is 66.2 Å². The minimum Gasteiger partial charge on any atom is -0.354 e. The van der Waals surface area contributed by atoms with Gasteiger partial charge < -0.3 is 10.2 Å². The van der Waals surface area contributed by atoms with Crippen molar-refractivity contribution in [3.63, 3.8) is 0 Å². The number of rotatable bonds is 11. The SMILES string of the molecule is CN(CC(=O)N(Cc1ccc(F)cc1)[C@@H](C(=O)NCCC1=CCCCC1)c1ccccc1)S(C)(=O)=O. The summed E-state index contributed by atoms with van der Waals surface area (Å²) in [5.74, 6) is -1.30. The average Bonchev–Trinajstić information content (AvgIpc) is 2.85. The van der Waals surface area contributed by atoms with E-state index in [9.17, 15) is 22.4 Å². The summed E-state index contributed by atoms with van der Waals surface area (Å²) < 4.78 is 38.4. The van der Waals surface area contributed by atoms with Gasteiger partial charge in [0.05, 0.1) is 12.8 Å². The number of halogens is 1. The van der Waals surface area contributed by atoms with Crippen LogP contribution < -0.4 is 5.32 Å². The van der Waals surface area contributed by atoms with Gasteiger partial charge in [-0.25, -0.2) is 12.8 Å². The van der Waals surface area contributed by atoms with Gasteiger partial charge in [-0.15, -0.1) is 0 Å². The second-order valence-corrected chi connectivity index (χ2v) is 11.2. The molecule has 0 unspecified atom stereocenters. The topological polar surface area (TPSA) is 86.8 Å². The highest BCUT2D eigenvalue weighted by Gasteiger charge is 2.32. The van der Waals surface area contributed by atoms with E-state index in [1.807, 2.05) is 6.07 Å². The summed E-state index contributed by atoms with van der Waals surface area (Å²) >= 11 is 0. The average molecular weight is 516 g/mol. The summed E-state index contributed by atoms with van der Waals surface area (Å²) in [5.41, 5.74) is 2.55. The second kappa shape index (κ2) is 12.8. The Bertz CT molecular complexity index is 1170. The van der Waals surface area contributed by atoms with Crippen LogP contribution >= 0.6 is 0 Å². The molecular formula is C27H34FN3O4S. The van der Waals surface area contributed by atoms with E-state index >= 15 is 0 Å². The van der Waals surface area contributed by atoms with Gasteiger partial charge in [0.2, 0.25) is 21.8 Å². The highest BCUT2D eigenvalue weighted by atomic mass is 32.2. The van der Waals surface area contributed by atoms with Crippen molar-refractivity contribution in [3.05, 3.63) is 83.2 Å². The van der Waals surface area contributed by atoms with Crippen LogP contribution in [-0.4, -0.2) is 55.8 Å². The second-order valence-electron chi connectivity index (χ2n) is 9.13. The number of allylic oxidation sites excluding steroid dienone is 1. The molecule has 9 heteroatoms. The molecule has 0 saturated carbocycles. The lowest BCUT2D eigenvalue weighted by molar-refractivity contribution is -0.141. The van der Waals surface area contributed by atoms with Crippen molar-refractivity contribution >= 4 is 21.8 Å². The standard InChI is InChI=1S/C27H34FN3O4S/c1-30(36(2,34)35)20-25(32)31(19-22-13-15-24(28)16-14-22)26(23-11-7-4-8-12-23)27(33)29-18-17-21-9-5-3-6-10-21/h4,7-9,11-16,26H,3,5-6,10,17-20H2,1-2H3,(H,29,33)/t26-/m1/s1. The zero-order valence-electron chi connectivity index (χ0n) is 20.8. The molecule has 3 rings (SSSR count). The predicted molar refractivity (Wildman–Crippen MR) is 138 cm³/mol. The molecule has 1 aliphatic rings. The normalized spacial score (nSPS) is 14.7. The third-order valence-corrected chi connectivity index (χ3v) is 7.58. The van der Waals surface area contributed by atoms with Crippen molar-refractivity contribution in [2.24, 2.45) is 0 Å². The largest absolute Gasteiger partial charge is 0.354 e. The Hall–Kier alpha value is -3.04. The van der Waals surface area contributed by atoms with Crippen LogP contribution in [0.3, 0.4) is 0 Å². The maximum atomic E-state index is 13.5. The van der Waals surface area contributed by atoms with Crippen LogP contribution in [0.4, 0.5) is 4.39 Å². The monoisotopic (exact) mass is 515 g/mol. The van der Waals surface area contributed by atoms with Gasteiger partial charge in [-0.1, -0.05) is 54.1 Å². The molecule has 0 spiro atoms. The third-order valence-electron chi connectivity index (χ3n) is 6.32. The van der Waals surface area contributed by atoms with Gasteiger partial charge in [-0.3, -0.25) is 9.59 Å². The molecule has 1 aliphatic carbocycles. The van der Waals surface area contributed by atoms with Gasteiger partial charge >= 0.3 is 0 Å². The van der Waals surface area contributed by atoms with Gasteiger partial charge in [0.15, 0.2) is 0 Å². The first kappa shape index (κ1) is 27.5. The van der Waals surface area contributed by atoms with Gasteiger partial charge in [-0.05, 0) is 55.4 Å². The molecule has 0 bridgehead atoms. The molecule has 2 aromatic rings. The van der Waals surface area contributed by atoms with E-state index in [1.54, 1.807) is 36.4 Å². The van der Waals surface area contributed by atoms with Crippen LogP contribution in [0.1, 0.15) is 49.3 Å². The van der Waals surface area contributed by atoms with Crippen molar-refractivity contribution in [3.8, 4) is 0 Å². The summed E-state index contributed by atoms with van der Waals surface area (Å²) in [4.78, 5) is 28.4. The Balaban J connectivity index is 1.89. The van der Waals surface area contributed by atoms with E-state index < -0.39 is 34.3 Å². The van der Waals surface area contributed by atoms with E-state index in [0.29, 0.717) is 17.7 Å². The lowest BCUT2D eigenvalue weighted by atomic mass is 9.97. The Labute approximate surface area is 213 Å². The fourth-order valence-electron chi connectivity index (χ4n) is 4.19. The molecular weight excluding hydrogens is 481 g/mol. The Morgan fingerprint density at radius 3 is 2.36 bits per heavy atom. The minimum atomic E-state index is -3.62. The van der Waals surface area contributed by atoms with Crippen LogP contribution in [0.5, 0.6) is 0 Å². The molecule has 2 aromatic carbocycles. The van der Waals surface area contributed by atoms with Crippen LogP contribution in [0, 0.1) is 5.82 Å². The van der Waals surface area contributed by atoms with Crippen LogP contribution in [-0.2, 0) is 26.2 Å². The van der Waals surface area contributed by atoms with Gasteiger partial charge in [0, 0.05) is 20.1 Å². The van der Waals surface area contributed by atoms with Crippen molar-refractivity contribution in [1.29, 1.82) is 0 Å². The molecule has 36 heavy (non-hydrogen) atoms. The number of nitrogens with one attached hydrogen (secondary N) is 1. The number of hydrogen-bond acceptors (Lipinski definition) is 4. The van der Waals surface area contributed by atoms with Crippen molar-refractivity contribution in [1.82, 2.24) is 14.5 Å². The first-order valence-electron chi connectivity index (χ1n) is 12.1. The fraction of sp³-hybridized carbons (Fsp3) is 0.407. The molecule has 0 heterocycles. The number of carbonyl (C=O) groups is 2. The lowest BCUT2D eigenvalue weighted by Crippen LogP contribution is -2.47. The summed E-state index contributed by atoms with van der Waals surface area (Å²) in [6.07, 6.45) is 8.43. The molecule has 7 nitrogen and oxygen atoms in total. The Kier molecular flexibility index (Phi) is 9.78. The van der Waals surface area contributed by atoms with Gasteiger partial charge in [0.25, 0.3) is 0 Å². The number of nitrogens with zero attached hydrogens (tertiary/aromatic N) is 2. The Morgan fingerprint density at radius 2 is 1.75 bits per heavy atom. The summed E-state index contributed by atoms with van der Waals surface area (Å²) in [6.45, 7) is 0.0220. The van der Waals surface area contributed by atoms with Crippen molar-refractivity contribution < 1.29 is 22.4 Å². The summed E-state index contributed by atoms with van der Waals surface area (Å²) in [7, 11) is -2.30. The summed E-state index contributed by atoms with van der Waals surface area (Å²) in [5, 5.41) is 2.98. The Morgan fingerprint density at radius 1 is 1.06 bits per heavy atom. The van der Waals surface area contributed by atoms with Crippen molar-refractivity contribution in [2.45, 2.75) is 44.7 Å². The third kappa shape index (κ3) is 7.99. The van der Waals surface area contributed by atoms with E-state index in [-0.39, 0.29) is 12.5 Å². The van der Waals surface area contributed by atoms with Gasteiger partial charge in [-0.2, -0.15) is 4.31 Å². The van der Waals surface area contributed by atoms with E-state index in [0.717, 1.165) is 36.2 Å². The van der Waals surface area contributed by atoms with E-state index in [4.69, 9.17) is 0 Å². The zero-order chi connectivity index (χ0) is 26.1. The van der Waals surface area contributed by atoms with Gasteiger partial charge in [0.1, 0.15) is 11.9 Å². The number of amides is 2. The zero-order valence-corrected chi connectivity index (χ0v) is 21.6. The highest BCUT2D eigenvalue weighted by molar-refractivity contribution is 7.88. The number of carbonyl (C=O) groups excluding carboxylic acids is 2. The first-order valence-corrected chi connectivity index (χ1v) is 14.0. The molecule has 0 radical (unpaired) electrons. The molecule has 0 aliphatic heterocycles. The molecule has 194 valence electrons. The molecule has 2 amide bonds. The van der Waals surface area contributed by atoms with Crippen LogP contribution in [0.2, 0.25) is 0 Å². The van der Waals surface area contributed by atoms with E-state index in [2.05, 4.69) is 11.4 Å². The summed E-state index contributed by atoms with van der Waals surface area (Å²) in [6, 6.07) is 13.6. The smallest absolute Gasteiger partial charge is 0.247 e. The molecule has 1 atom stereocenters. The maximum Gasteiger partial charge on any atom is 0.247 e. The lowest BCUT2D eigenvalue weighted by Gasteiger charge is -2.32. The van der Waals surface area contributed by atoms with E-state index in [1.165, 1.54) is 36.1 Å². The predicted octanol–water partition coefficient (Wildman–Crippen LogP) is 3.79. The quantitative estimate of drug-likeness (QED) is 0.462. The molecule has 0 saturated heterocycles. The number of likely N-dealkylation sites (N-methyl/N-ethyl adjacent to an activating group) is 1. The highest BCUT2D eigenvalue weighted by Crippen LogP contribution is 2.25. The van der Waals surface area contributed by atoms with Crippen molar-refractivity contribution in [2.75, 3.05) is 26.4 Å². The molecule has 1 N–H and O–H groups in total. The first-order chi connectivity index (χ1) is 17.1. The fourth-order valence-corrected chi connectivity index (χ4v) is 4.54. The maximum absolute atomic E-state index is 13.5. The number of sulfonamides is 1. The number of benzene rings is 2. The minimum absolute atomic E-state index is 0.00878. The molecule has 0 aromatic heterocycles.